The fourth-order valence-corrected chi connectivity index (χ4v) is 2.18. The van der Waals surface area contributed by atoms with Gasteiger partial charge in [-0.2, -0.15) is 0 Å². The van der Waals surface area contributed by atoms with Crippen molar-refractivity contribution < 1.29 is 0 Å². The van der Waals surface area contributed by atoms with E-state index in [9.17, 15) is 0 Å². The van der Waals surface area contributed by atoms with E-state index in [-0.39, 0.29) is 0 Å². The van der Waals surface area contributed by atoms with E-state index in [1.165, 1.54) is 45.3 Å². The highest BCUT2D eigenvalue weighted by Gasteiger charge is 2.20. The van der Waals surface area contributed by atoms with E-state index in [2.05, 4.69) is 24.1 Å². The molecule has 0 aromatic heterocycles. The van der Waals surface area contributed by atoms with Crippen LogP contribution in [0.5, 0.6) is 0 Å². The van der Waals surface area contributed by atoms with Crippen molar-refractivity contribution >= 4 is 0 Å². The molecule has 0 amide bonds. The first-order valence-electron chi connectivity index (χ1n) is 5.83. The van der Waals surface area contributed by atoms with Gasteiger partial charge in [0.05, 0.1) is 0 Å². The van der Waals surface area contributed by atoms with Gasteiger partial charge in [-0.05, 0) is 38.9 Å². The summed E-state index contributed by atoms with van der Waals surface area (Å²) in [4.78, 5) is 2.66. The zero-order chi connectivity index (χ0) is 9.52. The van der Waals surface area contributed by atoms with Gasteiger partial charge in [-0.1, -0.05) is 20.3 Å². The molecule has 1 aliphatic heterocycles. The number of hydrogen-bond acceptors (Lipinski definition) is 2. The first-order chi connectivity index (χ1) is 6.38. The van der Waals surface area contributed by atoms with E-state index in [0.29, 0.717) is 0 Å². The fraction of sp³-hybridized carbons (Fsp3) is 1.00. The monoisotopic (exact) mass is 184 g/mol. The minimum absolute atomic E-state index is 0.814. The highest BCUT2D eigenvalue weighted by Crippen LogP contribution is 2.16. The molecule has 2 heteroatoms. The minimum atomic E-state index is 0.814. The van der Waals surface area contributed by atoms with Crippen LogP contribution in [0.15, 0.2) is 0 Å². The van der Waals surface area contributed by atoms with E-state index in [1.54, 1.807) is 0 Å². The zero-order valence-electron chi connectivity index (χ0n) is 9.18. The fourth-order valence-electron chi connectivity index (χ4n) is 2.18. The second-order valence-corrected chi connectivity index (χ2v) is 3.99. The van der Waals surface area contributed by atoms with Gasteiger partial charge in [0.2, 0.25) is 0 Å². The molecule has 1 aliphatic rings. The van der Waals surface area contributed by atoms with Crippen LogP contribution in [-0.4, -0.2) is 37.1 Å². The summed E-state index contributed by atoms with van der Waals surface area (Å²) in [6.07, 6.45) is 5.52. The van der Waals surface area contributed by atoms with Crippen molar-refractivity contribution in [1.82, 2.24) is 10.2 Å². The molecule has 1 saturated heterocycles. The van der Waals surface area contributed by atoms with Gasteiger partial charge >= 0.3 is 0 Å². The predicted molar refractivity (Wildman–Crippen MR) is 58.0 cm³/mol. The summed E-state index contributed by atoms with van der Waals surface area (Å²) >= 11 is 0. The van der Waals surface area contributed by atoms with Crippen molar-refractivity contribution in [2.75, 3.05) is 26.2 Å². The van der Waals surface area contributed by atoms with Crippen molar-refractivity contribution in [2.24, 2.45) is 0 Å². The third-order valence-electron chi connectivity index (χ3n) is 2.89. The van der Waals surface area contributed by atoms with E-state index in [0.717, 1.165) is 12.6 Å². The highest BCUT2D eigenvalue weighted by molar-refractivity contribution is 4.78. The number of hydrogen-bond donors (Lipinski definition) is 1. The molecular formula is C11H24N2. The summed E-state index contributed by atoms with van der Waals surface area (Å²) in [5.41, 5.74) is 0. The molecule has 1 N–H and O–H groups in total. The maximum atomic E-state index is 3.46. The number of nitrogens with zero attached hydrogens (tertiary/aromatic N) is 1. The molecule has 0 saturated carbocycles. The minimum Gasteiger partial charge on any atom is -0.315 e. The molecule has 1 rings (SSSR count). The quantitative estimate of drug-likeness (QED) is 0.701. The molecule has 0 aromatic carbocycles. The number of nitrogens with one attached hydrogen (secondary N) is 1. The molecule has 0 aliphatic carbocycles. The van der Waals surface area contributed by atoms with Gasteiger partial charge in [0.25, 0.3) is 0 Å². The smallest absolute Gasteiger partial charge is 0.0220 e. The molecule has 0 spiro atoms. The molecule has 1 atom stereocenters. The molecule has 2 nitrogen and oxygen atoms in total. The van der Waals surface area contributed by atoms with Gasteiger partial charge < -0.3 is 5.32 Å². The van der Waals surface area contributed by atoms with Gasteiger partial charge in [-0.25, -0.2) is 0 Å². The molecule has 1 heterocycles. The van der Waals surface area contributed by atoms with Crippen molar-refractivity contribution in [3.8, 4) is 0 Å². The summed E-state index contributed by atoms with van der Waals surface area (Å²) in [6.45, 7) is 9.37. The Kier molecular flexibility index (Phi) is 5.40. The Morgan fingerprint density at radius 2 is 2.15 bits per heavy atom. The topological polar surface area (TPSA) is 15.3 Å². The van der Waals surface area contributed by atoms with E-state index >= 15 is 0 Å². The average Bonchev–Trinajstić information content (AvgIpc) is 2.17. The summed E-state index contributed by atoms with van der Waals surface area (Å²) in [5, 5.41) is 3.46. The number of likely N-dealkylation sites (N-methyl/N-ethyl adjacent to an activating group) is 1. The van der Waals surface area contributed by atoms with E-state index < -0.39 is 0 Å². The lowest BCUT2D eigenvalue weighted by Gasteiger charge is -2.35. The first-order valence-corrected chi connectivity index (χ1v) is 5.83. The van der Waals surface area contributed by atoms with Gasteiger partial charge in [0.15, 0.2) is 0 Å². The van der Waals surface area contributed by atoms with E-state index in [1.807, 2.05) is 0 Å². The third kappa shape index (κ3) is 3.65. The van der Waals surface area contributed by atoms with Crippen LogP contribution in [0.1, 0.15) is 39.5 Å². The highest BCUT2D eigenvalue weighted by atomic mass is 15.2. The Balaban J connectivity index is 2.28. The van der Waals surface area contributed by atoms with Crippen molar-refractivity contribution in [2.45, 2.75) is 45.6 Å². The van der Waals surface area contributed by atoms with Crippen LogP contribution in [0.25, 0.3) is 0 Å². The van der Waals surface area contributed by atoms with Crippen LogP contribution in [0.2, 0.25) is 0 Å². The summed E-state index contributed by atoms with van der Waals surface area (Å²) < 4.78 is 0. The molecule has 0 aromatic rings. The molecule has 0 bridgehead atoms. The molecule has 13 heavy (non-hydrogen) atoms. The van der Waals surface area contributed by atoms with Gasteiger partial charge in [-0.3, -0.25) is 4.90 Å². The van der Waals surface area contributed by atoms with Crippen LogP contribution in [0, 0.1) is 0 Å². The van der Waals surface area contributed by atoms with Crippen molar-refractivity contribution in [3.63, 3.8) is 0 Å². The van der Waals surface area contributed by atoms with Gasteiger partial charge in [0, 0.05) is 12.6 Å². The van der Waals surface area contributed by atoms with Gasteiger partial charge in [0.1, 0.15) is 0 Å². The number of piperidine rings is 1. The van der Waals surface area contributed by atoms with Crippen LogP contribution in [0.4, 0.5) is 0 Å². The van der Waals surface area contributed by atoms with Gasteiger partial charge in [-0.15, -0.1) is 0 Å². The summed E-state index contributed by atoms with van der Waals surface area (Å²) in [7, 11) is 0. The Morgan fingerprint density at radius 3 is 2.85 bits per heavy atom. The normalized spacial score (nSPS) is 24.9. The first kappa shape index (κ1) is 11.0. The molecular weight excluding hydrogens is 160 g/mol. The molecule has 1 fully saturated rings. The predicted octanol–water partition coefficient (Wildman–Crippen LogP) is 1.86. The average molecular weight is 184 g/mol. The Labute approximate surface area is 82.7 Å². The Bertz CT molecular complexity index is 123. The van der Waals surface area contributed by atoms with Crippen molar-refractivity contribution in [3.05, 3.63) is 0 Å². The Morgan fingerprint density at radius 1 is 1.31 bits per heavy atom. The maximum absolute atomic E-state index is 3.46. The summed E-state index contributed by atoms with van der Waals surface area (Å²) in [6, 6.07) is 0.814. The largest absolute Gasteiger partial charge is 0.315 e. The second kappa shape index (κ2) is 6.39. The third-order valence-corrected chi connectivity index (χ3v) is 2.89. The molecule has 0 unspecified atom stereocenters. The van der Waals surface area contributed by atoms with Crippen LogP contribution < -0.4 is 5.32 Å². The standard InChI is InChI=1S/C11H24N2/c1-3-8-13-9-6-5-7-11(13)10-12-4-2/h11-12H,3-10H2,1-2H3/t11-/m0/s1. The number of rotatable bonds is 5. The lowest BCUT2D eigenvalue weighted by Crippen LogP contribution is -2.45. The van der Waals surface area contributed by atoms with Crippen LogP contribution >= 0.6 is 0 Å². The molecule has 78 valence electrons. The van der Waals surface area contributed by atoms with Crippen molar-refractivity contribution in [1.29, 1.82) is 0 Å². The summed E-state index contributed by atoms with van der Waals surface area (Å²) in [5.74, 6) is 0. The SMILES string of the molecule is CCCN1CCCC[C@H]1CNCC. The second-order valence-electron chi connectivity index (χ2n) is 3.99. The lowest BCUT2D eigenvalue weighted by atomic mass is 10.0. The van der Waals surface area contributed by atoms with E-state index in [4.69, 9.17) is 0 Å². The maximum Gasteiger partial charge on any atom is 0.0220 e. The zero-order valence-corrected chi connectivity index (χ0v) is 9.18. The number of likely N-dealkylation sites (tertiary alicyclic amines) is 1. The van der Waals surface area contributed by atoms with Crippen LogP contribution in [-0.2, 0) is 0 Å². The Hall–Kier alpha value is -0.0800. The van der Waals surface area contributed by atoms with Crippen LogP contribution in [0.3, 0.4) is 0 Å². The lowest BCUT2D eigenvalue weighted by molar-refractivity contribution is 0.146. The molecule has 0 radical (unpaired) electrons.